The van der Waals surface area contributed by atoms with Crippen LogP contribution >= 0.6 is 11.6 Å². The summed E-state index contributed by atoms with van der Waals surface area (Å²) >= 11 is 5.97. The van der Waals surface area contributed by atoms with Gasteiger partial charge in [-0.2, -0.15) is 0 Å². The van der Waals surface area contributed by atoms with Crippen LogP contribution in [0.2, 0.25) is 5.15 Å². The van der Waals surface area contributed by atoms with E-state index >= 15 is 0 Å². The fraction of sp³-hybridized carbons (Fsp3) is 0.615. The molecular formula is C13H18ClN3. The first kappa shape index (κ1) is 11.3. The molecule has 92 valence electrons. The van der Waals surface area contributed by atoms with Crippen LogP contribution in [0.1, 0.15) is 18.4 Å². The van der Waals surface area contributed by atoms with Crippen LogP contribution in [0.25, 0.3) is 0 Å². The van der Waals surface area contributed by atoms with Crippen molar-refractivity contribution in [2.24, 2.45) is 5.92 Å². The molecule has 2 atom stereocenters. The lowest BCUT2D eigenvalue weighted by molar-refractivity contribution is 0.226. The summed E-state index contributed by atoms with van der Waals surface area (Å²) in [7, 11) is 0. The van der Waals surface area contributed by atoms with E-state index in [-0.39, 0.29) is 0 Å². The summed E-state index contributed by atoms with van der Waals surface area (Å²) in [4.78, 5) is 6.69. The number of nitrogens with one attached hydrogen (secondary N) is 1. The van der Waals surface area contributed by atoms with Crippen LogP contribution in [-0.2, 0) is 0 Å². The maximum absolute atomic E-state index is 5.97. The summed E-state index contributed by atoms with van der Waals surface area (Å²) < 4.78 is 0. The molecule has 0 saturated carbocycles. The van der Waals surface area contributed by atoms with Gasteiger partial charge in [0, 0.05) is 19.1 Å². The van der Waals surface area contributed by atoms with Crippen molar-refractivity contribution in [2.45, 2.75) is 25.8 Å². The number of anilines is 1. The molecule has 0 amide bonds. The number of aryl methyl sites for hydroxylation is 1. The van der Waals surface area contributed by atoms with Gasteiger partial charge in [-0.05, 0) is 43.9 Å². The van der Waals surface area contributed by atoms with E-state index in [0.717, 1.165) is 30.6 Å². The smallest absolute Gasteiger partial charge is 0.132 e. The van der Waals surface area contributed by atoms with Gasteiger partial charge in [-0.3, -0.25) is 0 Å². The minimum Gasteiger partial charge on any atom is -0.370 e. The lowest BCUT2D eigenvalue weighted by Gasteiger charge is -2.36. The fourth-order valence-corrected chi connectivity index (χ4v) is 2.90. The zero-order chi connectivity index (χ0) is 11.8. The third-order valence-electron chi connectivity index (χ3n) is 4.06. The molecule has 1 aromatic rings. The highest BCUT2D eigenvalue weighted by Gasteiger charge is 2.32. The Morgan fingerprint density at radius 1 is 1.41 bits per heavy atom. The van der Waals surface area contributed by atoms with Gasteiger partial charge < -0.3 is 10.2 Å². The molecule has 3 rings (SSSR count). The van der Waals surface area contributed by atoms with E-state index < -0.39 is 0 Å². The molecule has 0 spiro atoms. The Kier molecular flexibility index (Phi) is 2.97. The Balaban J connectivity index is 1.76. The number of fused-ring (bicyclic) bond motifs is 1. The average molecular weight is 252 g/mol. The molecule has 1 N–H and O–H groups in total. The summed E-state index contributed by atoms with van der Waals surface area (Å²) in [5.41, 5.74) is 2.28. The van der Waals surface area contributed by atoms with Gasteiger partial charge in [0.1, 0.15) is 5.15 Å². The van der Waals surface area contributed by atoms with Gasteiger partial charge in [0.25, 0.3) is 0 Å². The van der Waals surface area contributed by atoms with Crippen molar-refractivity contribution in [3.8, 4) is 0 Å². The fourth-order valence-electron chi connectivity index (χ4n) is 2.79. The van der Waals surface area contributed by atoms with Crippen LogP contribution in [0.5, 0.6) is 0 Å². The summed E-state index contributed by atoms with van der Waals surface area (Å²) in [6.07, 6.45) is 4.43. The van der Waals surface area contributed by atoms with Crippen molar-refractivity contribution in [1.29, 1.82) is 0 Å². The zero-order valence-electron chi connectivity index (χ0n) is 10.1. The van der Waals surface area contributed by atoms with Crippen LogP contribution < -0.4 is 10.2 Å². The van der Waals surface area contributed by atoms with Crippen molar-refractivity contribution >= 4 is 17.3 Å². The normalized spacial score (nSPS) is 28.2. The highest BCUT2D eigenvalue weighted by molar-refractivity contribution is 6.30. The Bertz CT molecular complexity index is 407. The van der Waals surface area contributed by atoms with Gasteiger partial charge in [0.05, 0.1) is 11.9 Å². The van der Waals surface area contributed by atoms with Crippen LogP contribution in [0.15, 0.2) is 12.3 Å². The Morgan fingerprint density at radius 2 is 2.24 bits per heavy atom. The van der Waals surface area contributed by atoms with Crippen molar-refractivity contribution < 1.29 is 0 Å². The van der Waals surface area contributed by atoms with Crippen LogP contribution in [0.4, 0.5) is 5.69 Å². The van der Waals surface area contributed by atoms with Gasteiger partial charge in [-0.1, -0.05) is 11.6 Å². The second-order valence-electron chi connectivity index (χ2n) is 5.14. The molecule has 2 fully saturated rings. The monoisotopic (exact) mass is 251 g/mol. The molecule has 2 aliphatic rings. The van der Waals surface area contributed by atoms with E-state index in [2.05, 4.69) is 21.3 Å². The summed E-state index contributed by atoms with van der Waals surface area (Å²) in [6, 6.07) is 2.90. The Hall–Kier alpha value is -0.800. The third kappa shape index (κ3) is 2.14. The average Bonchev–Trinajstić information content (AvgIpc) is 2.42. The number of halogens is 1. The predicted molar refractivity (Wildman–Crippen MR) is 70.7 cm³/mol. The number of hydrogen-bond donors (Lipinski definition) is 1. The second kappa shape index (κ2) is 4.46. The van der Waals surface area contributed by atoms with Gasteiger partial charge in [0.15, 0.2) is 0 Å². The lowest BCUT2D eigenvalue weighted by Crippen LogP contribution is -2.52. The van der Waals surface area contributed by atoms with Crippen molar-refractivity contribution in [3.05, 3.63) is 23.0 Å². The number of pyridine rings is 1. The van der Waals surface area contributed by atoms with Gasteiger partial charge in [-0.15, -0.1) is 0 Å². The molecule has 0 bridgehead atoms. The third-order valence-corrected chi connectivity index (χ3v) is 4.45. The summed E-state index contributed by atoms with van der Waals surface area (Å²) in [5, 5.41) is 4.13. The maximum Gasteiger partial charge on any atom is 0.132 e. The molecular weight excluding hydrogens is 234 g/mol. The standard InChI is InChI=1S/C13H18ClN3/c1-9-6-11(8-16-13(9)14)17-4-2-10-7-15-12(10)3-5-17/h6,8,10,12,15H,2-5,7H2,1H3/t10-,12-/m1/s1. The number of aromatic nitrogens is 1. The van der Waals surface area contributed by atoms with Crippen LogP contribution in [-0.4, -0.2) is 30.7 Å². The summed E-state index contributed by atoms with van der Waals surface area (Å²) in [5.74, 6) is 0.890. The van der Waals surface area contributed by atoms with Gasteiger partial charge in [0.2, 0.25) is 0 Å². The van der Waals surface area contributed by atoms with Crippen LogP contribution in [0.3, 0.4) is 0 Å². The number of hydrogen-bond acceptors (Lipinski definition) is 3. The van der Waals surface area contributed by atoms with E-state index in [4.69, 9.17) is 11.6 Å². The van der Waals surface area contributed by atoms with Crippen molar-refractivity contribution in [3.63, 3.8) is 0 Å². The summed E-state index contributed by atoms with van der Waals surface area (Å²) in [6.45, 7) is 5.49. The zero-order valence-corrected chi connectivity index (χ0v) is 10.9. The van der Waals surface area contributed by atoms with E-state index in [1.807, 2.05) is 13.1 Å². The maximum atomic E-state index is 5.97. The molecule has 0 aliphatic carbocycles. The van der Waals surface area contributed by atoms with Crippen molar-refractivity contribution in [1.82, 2.24) is 10.3 Å². The number of nitrogens with zero attached hydrogens (tertiary/aromatic N) is 2. The lowest BCUT2D eigenvalue weighted by atomic mass is 9.88. The van der Waals surface area contributed by atoms with Gasteiger partial charge in [-0.25, -0.2) is 4.98 Å². The predicted octanol–water partition coefficient (Wildman–Crippen LogP) is 2.23. The van der Waals surface area contributed by atoms with E-state index in [1.54, 1.807) is 0 Å². The molecule has 3 heterocycles. The molecule has 0 aromatic carbocycles. The SMILES string of the molecule is Cc1cc(N2CC[C@@H]3CN[C@@H]3CC2)cnc1Cl. The highest BCUT2D eigenvalue weighted by atomic mass is 35.5. The molecule has 3 nitrogen and oxygen atoms in total. The molecule has 2 aliphatic heterocycles. The number of rotatable bonds is 1. The first-order chi connectivity index (χ1) is 8.24. The quantitative estimate of drug-likeness (QED) is 0.776. The Labute approximate surface area is 107 Å². The molecule has 0 unspecified atom stereocenters. The van der Waals surface area contributed by atoms with Crippen LogP contribution in [0, 0.1) is 12.8 Å². The largest absolute Gasteiger partial charge is 0.370 e. The molecule has 4 heteroatoms. The molecule has 2 saturated heterocycles. The first-order valence-electron chi connectivity index (χ1n) is 6.34. The second-order valence-corrected chi connectivity index (χ2v) is 5.50. The minimum atomic E-state index is 0.616. The van der Waals surface area contributed by atoms with E-state index in [1.165, 1.54) is 25.1 Å². The first-order valence-corrected chi connectivity index (χ1v) is 6.72. The molecule has 0 radical (unpaired) electrons. The van der Waals surface area contributed by atoms with Gasteiger partial charge >= 0.3 is 0 Å². The minimum absolute atomic E-state index is 0.616. The van der Waals surface area contributed by atoms with E-state index in [0.29, 0.717) is 5.15 Å². The highest BCUT2D eigenvalue weighted by Crippen LogP contribution is 2.28. The van der Waals surface area contributed by atoms with E-state index in [9.17, 15) is 0 Å². The van der Waals surface area contributed by atoms with Crippen molar-refractivity contribution in [2.75, 3.05) is 24.5 Å². The Morgan fingerprint density at radius 3 is 2.94 bits per heavy atom. The molecule has 1 aromatic heterocycles. The molecule has 17 heavy (non-hydrogen) atoms. The topological polar surface area (TPSA) is 28.2 Å².